The van der Waals surface area contributed by atoms with Gasteiger partial charge in [0, 0.05) is 13.1 Å². The summed E-state index contributed by atoms with van der Waals surface area (Å²) >= 11 is 0. The van der Waals surface area contributed by atoms with Crippen molar-refractivity contribution in [3.8, 4) is 0 Å². The zero-order chi connectivity index (χ0) is 13.1. The first-order valence-electron chi connectivity index (χ1n) is 7.12. The molecule has 4 nitrogen and oxygen atoms in total. The third-order valence-corrected chi connectivity index (χ3v) is 3.10. The average molecular weight is 381 g/mol. The van der Waals surface area contributed by atoms with Gasteiger partial charge in [-0.15, -0.1) is 24.0 Å². The van der Waals surface area contributed by atoms with Gasteiger partial charge < -0.3 is 15.8 Å². The van der Waals surface area contributed by atoms with Crippen LogP contribution < -0.4 is 11.1 Å². The molecule has 0 saturated heterocycles. The van der Waals surface area contributed by atoms with Gasteiger partial charge in [0.2, 0.25) is 0 Å². The second kappa shape index (κ2) is 12.7. The van der Waals surface area contributed by atoms with Crippen molar-refractivity contribution in [3.05, 3.63) is 11.6 Å². The van der Waals surface area contributed by atoms with Crippen LogP contribution in [0.2, 0.25) is 0 Å². The van der Waals surface area contributed by atoms with E-state index in [0.717, 1.165) is 45.6 Å². The molecule has 0 aliphatic carbocycles. The fourth-order valence-corrected chi connectivity index (χ4v) is 1.94. The summed E-state index contributed by atoms with van der Waals surface area (Å²) in [7, 11) is 0. The van der Waals surface area contributed by atoms with Crippen LogP contribution in [-0.4, -0.2) is 32.3 Å². The lowest BCUT2D eigenvalue weighted by Gasteiger charge is -2.13. The maximum absolute atomic E-state index is 5.80. The molecule has 19 heavy (non-hydrogen) atoms. The molecule has 0 unspecified atom stereocenters. The van der Waals surface area contributed by atoms with Crippen molar-refractivity contribution in [1.29, 1.82) is 0 Å². The normalized spacial score (nSPS) is 15.6. The first-order valence-corrected chi connectivity index (χ1v) is 7.12. The molecule has 0 aromatic rings. The fourth-order valence-electron chi connectivity index (χ4n) is 1.94. The molecule has 0 amide bonds. The summed E-state index contributed by atoms with van der Waals surface area (Å²) in [6.07, 6.45) is 9.20. The van der Waals surface area contributed by atoms with Gasteiger partial charge in [0.05, 0.1) is 13.2 Å². The van der Waals surface area contributed by atoms with E-state index in [0.29, 0.717) is 5.96 Å². The average Bonchev–Trinajstić information content (AvgIpc) is 2.40. The molecule has 0 aromatic carbocycles. The molecule has 1 aliphatic heterocycles. The Morgan fingerprint density at radius 1 is 1.42 bits per heavy atom. The Hall–Kier alpha value is -0.300. The largest absolute Gasteiger partial charge is 0.377 e. The standard InChI is InChI=1S/C14H27N3O.HI/c1-2-3-4-5-9-16-14(15)17-10-6-13-7-11-18-12-8-13;/h7H,2-6,8-12H2,1H3,(H3,15,16,17);1H. The summed E-state index contributed by atoms with van der Waals surface area (Å²) in [5, 5.41) is 3.17. The quantitative estimate of drug-likeness (QED) is 0.224. The summed E-state index contributed by atoms with van der Waals surface area (Å²) in [6, 6.07) is 0. The van der Waals surface area contributed by atoms with Gasteiger partial charge in [-0.2, -0.15) is 0 Å². The van der Waals surface area contributed by atoms with Gasteiger partial charge >= 0.3 is 0 Å². The molecule has 5 heteroatoms. The van der Waals surface area contributed by atoms with Gasteiger partial charge in [0.15, 0.2) is 5.96 Å². The molecule has 1 aliphatic rings. The molecule has 0 bridgehead atoms. The number of nitrogens with one attached hydrogen (secondary N) is 1. The van der Waals surface area contributed by atoms with E-state index in [2.05, 4.69) is 23.3 Å². The Kier molecular flexibility index (Phi) is 12.5. The van der Waals surface area contributed by atoms with E-state index in [9.17, 15) is 0 Å². The minimum Gasteiger partial charge on any atom is -0.377 e. The van der Waals surface area contributed by atoms with E-state index in [-0.39, 0.29) is 24.0 Å². The van der Waals surface area contributed by atoms with E-state index in [1.54, 1.807) is 0 Å². The van der Waals surface area contributed by atoms with Gasteiger partial charge in [-0.3, -0.25) is 4.99 Å². The summed E-state index contributed by atoms with van der Waals surface area (Å²) < 4.78 is 5.27. The molecule has 112 valence electrons. The van der Waals surface area contributed by atoms with Gasteiger partial charge in [-0.05, 0) is 19.3 Å². The third kappa shape index (κ3) is 10.2. The highest BCUT2D eigenvalue weighted by Crippen LogP contribution is 2.10. The summed E-state index contributed by atoms with van der Waals surface area (Å²) in [6.45, 7) is 5.54. The lowest BCUT2D eigenvalue weighted by atomic mass is 10.1. The number of rotatable bonds is 8. The van der Waals surface area contributed by atoms with Crippen molar-refractivity contribution in [1.82, 2.24) is 5.32 Å². The van der Waals surface area contributed by atoms with E-state index in [1.165, 1.54) is 24.8 Å². The van der Waals surface area contributed by atoms with Crippen LogP contribution in [0.4, 0.5) is 0 Å². The van der Waals surface area contributed by atoms with Crippen molar-refractivity contribution in [2.24, 2.45) is 10.7 Å². The summed E-state index contributed by atoms with van der Waals surface area (Å²) in [5.41, 5.74) is 7.26. The Labute approximate surface area is 134 Å². The lowest BCUT2D eigenvalue weighted by molar-refractivity contribution is 0.153. The number of unbranched alkanes of at least 4 members (excludes halogenated alkanes) is 3. The molecule has 3 N–H and O–H groups in total. The number of nitrogens with two attached hydrogens (primary N) is 1. The SMILES string of the molecule is CCCCCCN=C(N)NCCC1=CCOCC1.I. The van der Waals surface area contributed by atoms with E-state index < -0.39 is 0 Å². The van der Waals surface area contributed by atoms with Crippen LogP contribution in [0.25, 0.3) is 0 Å². The fraction of sp³-hybridized carbons (Fsp3) is 0.786. The molecule has 0 spiro atoms. The molecular formula is C14H28IN3O. The van der Waals surface area contributed by atoms with Crippen molar-refractivity contribution < 1.29 is 4.74 Å². The molecule has 0 atom stereocenters. The zero-order valence-electron chi connectivity index (χ0n) is 12.0. The van der Waals surface area contributed by atoms with Crippen molar-refractivity contribution in [3.63, 3.8) is 0 Å². The van der Waals surface area contributed by atoms with Crippen LogP contribution in [0.5, 0.6) is 0 Å². The smallest absolute Gasteiger partial charge is 0.188 e. The number of nitrogens with zero attached hydrogens (tertiary/aromatic N) is 1. The van der Waals surface area contributed by atoms with Crippen LogP contribution in [0.3, 0.4) is 0 Å². The molecule has 1 rings (SSSR count). The number of guanidine groups is 1. The van der Waals surface area contributed by atoms with Gasteiger partial charge in [0.25, 0.3) is 0 Å². The van der Waals surface area contributed by atoms with E-state index in [4.69, 9.17) is 10.5 Å². The Balaban J connectivity index is 0.00000324. The van der Waals surface area contributed by atoms with Gasteiger partial charge in [-0.25, -0.2) is 0 Å². The van der Waals surface area contributed by atoms with Crippen molar-refractivity contribution >= 4 is 29.9 Å². The van der Waals surface area contributed by atoms with E-state index >= 15 is 0 Å². The van der Waals surface area contributed by atoms with Crippen LogP contribution in [0.1, 0.15) is 45.4 Å². The number of halogens is 1. The molecule has 0 aromatic heterocycles. The number of hydrogen-bond acceptors (Lipinski definition) is 2. The summed E-state index contributed by atoms with van der Waals surface area (Å²) in [4.78, 5) is 4.32. The van der Waals surface area contributed by atoms with Gasteiger partial charge in [0.1, 0.15) is 0 Å². The van der Waals surface area contributed by atoms with Crippen molar-refractivity contribution in [2.45, 2.75) is 45.4 Å². The first kappa shape index (κ1) is 18.7. The van der Waals surface area contributed by atoms with Crippen molar-refractivity contribution in [2.75, 3.05) is 26.3 Å². The molecule has 1 heterocycles. The number of hydrogen-bond donors (Lipinski definition) is 2. The number of aliphatic imine (C=N–C) groups is 1. The second-order valence-electron chi connectivity index (χ2n) is 4.69. The predicted octanol–water partition coefficient (Wildman–Crippen LogP) is 2.83. The topological polar surface area (TPSA) is 59.6 Å². The first-order chi connectivity index (χ1) is 8.83. The maximum atomic E-state index is 5.80. The van der Waals surface area contributed by atoms with Crippen LogP contribution >= 0.6 is 24.0 Å². The Bertz CT molecular complexity index is 280. The highest BCUT2D eigenvalue weighted by molar-refractivity contribution is 14.0. The summed E-state index contributed by atoms with van der Waals surface area (Å²) in [5.74, 6) is 0.583. The molecule has 0 radical (unpaired) electrons. The minimum atomic E-state index is 0. The number of ether oxygens (including phenoxy) is 1. The maximum Gasteiger partial charge on any atom is 0.188 e. The zero-order valence-corrected chi connectivity index (χ0v) is 14.3. The van der Waals surface area contributed by atoms with Crippen LogP contribution in [0, 0.1) is 0 Å². The molecule has 0 fully saturated rings. The highest BCUT2D eigenvalue weighted by atomic mass is 127. The highest BCUT2D eigenvalue weighted by Gasteiger charge is 2.03. The monoisotopic (exact) mass is 381 g/mol. The lowest BCUT2D eigenvalue weighted by Crippen LogP contribution is -2.32. The second-order valence-corrected chi connectivity index (χ2v) is 4.69. The Morgan fingerprint density at radius 3 is 2.95 bits per heavy atom. The van der Waals surface area contributed by atoms with Crippen LogP contribution in [0.15, 0.2) is 16.6 Å². The van der Waals surface area contributed by atoms with Crippen LogP contribution in [-0.2, 0) is 4.74 Å². The molecular weight excluding hydrogens is 353 g/mol. The van der Waals surface area contributed by atoms with E-state index in [1.807, 2.05) is 0 Å². The Morgan fingerprint density at radius 2 is 2.26 bits per heavy atom. The predicted molar refractivity (Wildman–Crippen MR) is 92.2 cm³/mol. The minimum absolute atomic E-state index is 0. The molecule has 0 saturated carbocycles. The third-order valence-electron chi connectivity index (χ3n) is 3.10. The van der Waals surface area contributed by atoms with Gasteiger partial charge in [-0.1, -0.05) is 37.8 Å².